The third-order valence-electron chi connectivity index (χ3n) is 1.46. The van der Waals surface area contributed by atoms with Gasteiger partial charge in [0.05, 0.1) is 20.3 Å². The maximum absolute atomic E-state index is 11.1. The molecule has 0 saturated heterocycles. The van der Waals surface area contributed by atoms with Gasteiger partial charge in [-0.25, -0.2) is 0 Å². The molecule has 0 aromatic carbocycles. The quantitative estimate of drug-likeness (QED) is 0.616. The van der Waals surface area contributed by atoms with E-state index in [1.54, 1.807) is 7.05 Å². The van der Waals surface area contributed by atoms with Gasteiger partial charge >= 0.3 is 6.01 Å². The Hall–Kier alpha value is -1.52. The van der Waals surface area contributed by atoms with E-state index in [1.165, 1.54) is 24.9 Å². The van der Waals surface area contributed by atoms with E-state index in [9.17, 15) is 4.79 Å². The van der Waals surface area contributed by atoms with Gasteiger partial charge in [-0.15, -0.1) is 0 Å². The van der Waals surface area contributed by atoms with Crippen molar-refractivity contribution in [2.75, 3.05) is 14.2 Å². The average molecular weight is 170 g/mol. The molecule has 66 valence electrons. The fourth-order valence-electron chi connectivity index (χ4n) is 0.785. The Morgan fingerprint density at radius 1 is 1.42 bits per heavy atom. The summed E-state index contributed by atoms with van der Waals surface area (Å²) in [6.45, 7) is 0. The van der Waals surface area contributed by atoms with Crippen LogP contribution in [0.5, 0.6) is 11.9 Å². The molecule has 0 aliphatic heterocycles. The minimum atomic E-state index is -0.210. The Morgan fingerprint density at radius 3 is 2.58 bits per heavy atom. The summed E-state index contributed by atoms with van der Waals surface area (Å²) < 4.78 is 10.9. The number of ether oxygens (including phenoxy) is 2. The molecule has 0 aliphatic rings. The molecule has 0 bridgehead atoms. The lowest BCUT2D eigenvalue weighted by atomic mass is 10.6. The predicted molar refractivity (Wildman–Crippen MR) is 42.6 cm³/mol. The first kappa shape index (κ1) is 8.58. The van der Waals surface area contributed by atoms with Crippen LogP contribution in [0.25, 0.3) is 0 Å². The van der Waals surface area contributed by atoms with Crippen LogP contribution in [0.3, 0.4) is 0 Å². The fourth-order valence-corrected chi connectivity index (χ4v) is 0.785. The number of hydrogen-bond donors (Lipinski definition) is 0. The summed E-state index contributed by atoms with van der Waals surface area (Å²) in [6, 6.07) is 1.53. The zero-order valence-corrected chi connectivity index (χ0v) is 7.20. The Bertz CT molecular complexity index is 332. The van der Waals surface area contributed by atoms with Crippen molar-refractivity contribution < 1.29 is 9.47 Å². The van der Waals surface area contributed by atoms with Gasteiger partial charge in [0.15, 0.2) is 0 Å². The second kappa shape index (κ2) is 3.25. The number of aromatic nitrogens is 2. The van der Waals surface area contributed by atoms with E-state index in [2.05, 4.69) is 4.98 Å². The first-order chi connectivity index (χ1) is 5.69. The van der Waals surface area contributed by atoms with Gasteiger partial charge < -0.3 is 9.47 Å². The topological polar surface area (TPSA) is 53.4 Å². The summed E-state index contributed by atoms with van der Waals surface area (Å²) in [5.41, 5.74) is -0.210. The smallest absolute Gasteiger partial charge is 0.301 e. The molecular formula is C7H10N2O3. The maximum atomic E-state index is 11.1. The fraction of sp³-hybridized carbons (Fsp3) is 0.429. The molecule has 1 rings (SSSR count). The van der Waals surface area contributed by atoms with E-state index in [0.29, 0.717) is 0 Å². The van der Waals surface area contributed by atoms with Crippen LogP contribution in [-0.4, -0.2) is 23.8 Å². The molecule has 0 aliphatic carbocycles. The molecule has 0 radical (unpaired) electrons. The third-order valence-corrected chi connectivity index (χ3v) is 1.46. The molecule has 0 saturated carbocycles. The van der Waals surface area contributed by atoms with Crippen LogP contribution >= 0.6 is 0 Å². The van der Waals surface area contributed by atoms with Crippen LogP contribution in [0.2, 0.25) is 0 Å². The molecular weight excluding hydrogens is 160 g/mol. The SMILES string of the molecule is COc1cc(=O)n(C)c(OC)n1. The van der Waals surface area contributed by atoms with Crippen molar-refractivity contribution in [2.45, 2.75) is 0 Å². The highest BCUT2D eigenvalue weighted by molar-refractivity contribution is 5.12. The lowest BCUT2D eigenvalue weighted by Crippen LogP contribution is -2.18. The minimum absolute atomic E-state index is 0.210. The minimum Gasteiger partial charge on any atom is -0.481 e. The number of hydrogen-bond acceptors (Lipinski definition) is 4. The molecule has 0 N–H and O–H groups in total. The normalized spacial score (nSPS) is 9.58. The van der Waals surface area contributed by atoms with Crippen LogP contribution in [0, 0.1) is 0 Å². The molecule has 12 heavy (non-hydrogen) atoms. The van der Waals surface area contributed by atoms with Gasteiger partial charge in [0.2, 0.25) is 5.88 Å². The second-order valence-corrected chi connectivity index (χ2v) is 2.18. The summed E-state index contributed by atoms with van der Waals surface area (Å²) in [5, 5.41) is 0. The maximum Gasteiger partial charge on any atom is 0.301 e. The standard InChI is InChI=1S/C7H10N2O3/c1-9-6(10)4-5(11-2)8-7(9)12-3/h4H,1-3H3. The van der Waals surface area contributed by atoms with Crippen molar-refractivity contribution in [3.05, 3.63) is 16.4 Å². The summed E-state index contributed by atoms with van der Waals surface area (Å²) in [6.07, 6.45) is 0. The summed E-state index contributed by atoms with van der Waals surface area (Å²) in [7, 11) is 4.47. The van der Waals surface area contributed by atoms with Gasteiger partial charge in [-0.05, 0) is 0 Å². The molecule has 0 atom stereocenters. The van der Waals surface area contributed by atoms with Crippen molar-refractivity contribution in [3.63, 3.8) is 0 Å². The van der Waals surface area contributed by atoms with Crippen molar-refractivity contribution in [1.29, 1.82) is 0 Å². The van der Waals surface area contributed by atoms with E-state index in [1.807, 2.05) is 0 Å². The molecule has 0 unspecified atom stereocenters. The van der Waals surface area contributed by atoms with Gasteiger partial charge in [-0.1, -0.05) is 0 Å². The number of methoxy groups -OCH3 is 2. The van der Waals surface area contributed by atoms with Gasteiger partial charge in [-0.3, -0.25) is 9.36 Å². The van der Waals surface area contributed by atoms with Gasteiger partial charge in [-0.2, -0.15) is 4.98 Å². The molecule has 5 heteroatoms. The van der Waals surface area contributed by atoms with Crippen molar-refractivity contribution in [2.24, 2.45) is 7.05 Å². The van der Waals surface area contributed by atoms with E-state index >= 15 is 0 Å². The average Bonchev–Trinajstić information content (AvgIpc) is 2.09. The molecule has 0 spiro atoms. The largest absolute Gasteiger partial charge is 0.481 e. The Balaban J connectivity index is 3.29. The van der Waals surface area contributed by atoms with Crippen LogP contribution in [-0.2, 0) is 7.05 Å². The highest BCUT2D eigenvalue weighted by Gasteiger charge is 2.04. The monoisotopic (exact) mass is 170 g/mol. The van der Waals surface area contributed by atoms with E-state index in [-0.39, 0.29) is 17.4 Å². The van der Waals surface area contributed by atoms with Crippen LogP contribution in [0.1, 0.15) is 0 Å². The second-order valence-electron chi connectivity index (χ2n) is 2.18. The van der Waals surface area contributed by atoms with Gasteiger partial charge in [0.25, 0.3) is 5.56 Å². The Kier molecular flexibility index (Phi) is 2.32. The summed E-state index contributed by atoms with van der Waals surface area (Å²) >= 11 is 0. The van der Waals surface area contributed by atoms with E-state index in [4.69, 9.17) is 9.47 Å². The molecule has 1 aromatic rings. The zero-order valence-electron chi connectivity index (χ0n) is 7.20. The molecule has 0 amide bonds. The molecule has 1 heterocycles. The third kappa shape index (κ3) is 1.39. The van der Waals surface area contributed by atoms with Crippen molar-refractivity contribution in [1.82, 2.24) is 9.55 Å². The van der Waals surface area contributed by atoms with E-state index in [0.717, 1.165) is 0 Å². The Morgan fingerprint density at radius 2 is 2.08 bits per heavy atom. The first-order valence-electron chi connectivity index (χ1n) is 3.35. The zero-order chi connectivity index (χ0) is 9.14. The Labute approximate surface area is 69.6 Å². The highest BCUT2D eigenvalue weighted by Crippen LogP contribution is 2.07. The van der Waals surface area contributed by atoms with Crippen LogP contribution in [0.4, 0.5) is 0 Å². The van der Waals surface area contributed by atoms with Crippen molar-refractivity contribution >= 4 is 0 Å². The lowest BCUT2D eigenvalue weighted by molar-refractivity contribution is 0.333. The van der Waals surface area contributed by atoms with Gasteiger partial charge in [0.1, 0.15) is 0 Å². The number of nitrogens with zero attached hydrogens (tertiary/aromatic N) is 2. The highest BCUT2D eigenvalue weighted by atomic mass is 16.5. The molecule has 1 aromatic heterocycles. The first-order valence-corrected chi connectivity index (χ1v) is 3.35. The van der Waals surface area contributed by atoms with Crippen LogP contribution < -0.4 is 15.0 Å². The number of rotatable bonds is 2. The molecule has 0 fully saturated rings. The lowest BCUT2D eigenvalue weighted by Gasteiger charge is -2.05. The van der Waals surface area contributed by atoms with Gasteiger partial charge in [0, 0.05) is 7.05 Å². The summed E-state index contributed by atoms with van der Waals surface area (Å²) in [4.78, 5) is 15.0. The van der Waals surface area contributed by atoms with E-state index < -0.39 is 0 Å². The van der Waals surface area contributed by atoms with Crippen molar-refractivity contribution in [3.8, 4) is 11.9 Å². The predicted octanol–water partition coefficient (Wildman–Crippen LogP) is -0.203. The molecule has 5 nitrogen and oxygen atoms in total. The summed E-state index contributed by atoms with van der Waals surface area (Å²) in [5.74, 6) is 0.259. The van der Waals surface area contributed by atoms with Crippen LogP contribution in [0.15, 0.2) is 10.9 Å².